The molecule has 1 aliphatic rings. The fourth-order valence-electron chi connectivity index (χ4n) is 3.96. The first-order valence-corrected chi connectivity index (χ1v) is 10.0. The van der Waals surface area contributed by atoms with E-state index in [1.54, 1.807) is 26.8 Å². The van der Waals surface area contributed by atoms with Gasteiger partial charge in [0.05, 0.1) is 16.9 Å². The number of halogens is 3. The zero-order valence-corrected chi connectivity index (χ0v) is 18.1. The molecule has 0 bridgehead atoms. The van der Waals surface area contributed by atoms with Crippen LogP contribution in [-0.2, 0) is 22.2 Å². The first-order valence-electron chi connectivity index (χ1n) is 10.0. The Bertz CT molecular complexity index is 748. The number of carboxylic acid groups (broad SMARTS) is 2. The minimum atomic E-state index is -4.25. The van der Waals surface area contributed by atoms with Crippen LogP contribution in [0.4, 0.5) is 13.2 Å². The van der Waals surface area contributed by atoms with Gasteiger partial charge in [-0.25, -0.2) is 0 Å². The lowest BCUT2D eigenvalue weighted by Gasteiger charge is -2.36. The molecule has 2 rings (SSSR count). The van der Waals surface area contributed by atoms with Crippen LogP contribution < -0.4 is 5.32 Å². The highest BCUT2D eigenvalue weighted by Gasteiger charge is 2.58. The summed E-state index contributed by atoms with van der Waals surface area (Å²) in [5.41, 5.74) is -1.47. The summed E-state index contributed by atoms with van der Waals surface area (Å²) in [5.74, 6) is -2.34. The van der Waals surface area contributed by atoms with Crippen molar-refractivity contribution in [3.8, 4) is 0 Å². The molecule has 0 amide bonds. The first kappa shape index (κ1) is 25.9. The predicted octanol–water partition coefficient (Wildman–Crippen LogP) is 4.84. The number of likely N-dealkylation sites (N-methyl/N-ethyl adjacent to an activating group) is 1. The average Bonchev–Trinajstić information content (AvgIpc) is 2.86. The van der Waals surface area contributed by atoms with Gasteiger partial charge in [-0.3, -0.25) is 9.59 Å². The Morgan fingerprint density at radius 3 is 2.23 bits per heavy atom. The van der Waals surface area contributed by atoms with Gasteiger partial charge in [0, 0.05) is 6.04 Å². The molecule has 170 valence electrons. The molecule has 8 heteroatoms. The molecule has 3 atom stereocenters. The Morgan fingerprint density at radius 1 is 1.23 bits per heavy atom. The van der Waals surface area contributed by atoms with E-state index in [2.05, 4.69) is 5.32 Å². The summed E-state index contributed by atoms with van der Waals surface area (Å²) in [6.45, 7) is 9.85. The van der Waals surface area contributed by atoms with Gasteiger partial charge in [-0.2, -0.15) is 13.2 Å². The lowest BCUT2D eigenvalue weighted by molar-refractivity contribution is -0.157. The third-order valence-electron chi connectivity index (χ3n) is 6.35. The zero-order valence-electron chi connectivity index (χ0n) is 18.1. The second kappa shape index (κ2) is 9.81. The molecule has 3 N–H and O–H groups in total. The van der Waals surface area contributed by atoms with Crippen LogP contribution in [0.25, 0.3) is 0 Å². The molecule has 0 saturated heterocycles. The largest absolute Gasteiger partial charge is 0.481 e. The summed E-state index contributed by atoms with van der Waals surface area (Å²) < 4.78 is 37.3. The number of benzene rings is 1. The fourth-order valence-corrected chi connectivity index (χ4v) is 3.96. The Kier molecular flexibility index (Phi) is 8.49. The lowest BCUT2D eigenvalue weighted by Crippen LogP contribution is -2.42. The Labute approximate surface area is 175 Å². The van der Waals surface area contributed by atoms with Gasteiger partial charge in [0.1, 0.15) is 0 Å². The van der Waals surface area contributed by atoms with E-state index in [1.165, 1.54) is 12.1 Å². The molecule has 1 aromatic carbocycles. The van der Waals surface area contributed by atoms with Crippen LogP contribution >= 0.6 is 0 Å². The normalized spacial score (nSPS) is 23.9. The van der Waals surface area contributed by atoms with E-state index < -0.39 is 40.4 Å². The van der Waals surface area contributed by atoms with Crippen LogP contribution in [0, 0.1) is 16.7 Å². The molecule has 1 fully saturated rings. The van der Waals surface area contributed by atoms with Crippen molar-refractivity contribution in [2.24, 2.45) is 16.7 Å². The number of aliphatic carboxylic acids is 2. The lowest BCUT2D eigenvalue weighted by atomic mass is 9.66. The molecule has 0 unspecified atom stereocenters. The number of alkyl halides is 3. The molecular weight excluding hydrogens is 399 g/mol. The quantitative estimate of drug-likeness (QED) is 0.600. The highest BCUT2D eigenvalue weighted by Crippen LogP contribution is 2.56. The van der Waals surface area contributed by atoms with Gasteiger partial charge in [-0.1, -0.05) is 39.0 Å². The Hall–Kier alpha value is -2.09. The van der Waals surface area contributed by atoms with Crippen molar-refractivity contribution in [3.63, 3.8) is 0 Å². The standard InChI is InChI=1S/C12H16F3N.C10H16O4/c1-3-16-9(2)7-10-5-4-6-11(8-10)12(13,14)15;1-9(2)6(7(11)12)4-5-10(9,3)8(13)14/h4-6,8-9,16H,3,7H2,1-2H3;6H,4-5H2,1-3H3,(H,11,12)(H,13,14)/t9-;6-,10+/m00/s1. The summed E-state index contributed by atoms with van der Waals surface area (Å²) in [6.07, 6.45) is -2.76. The zero-order chi connectivity index (χ0) is 23.3. The minimum absolute atomic E-state index is 0.188. The van der Waals surface area contributed by atoms with Gasteiger partial charge in [-0.05, 0) is 56.7 Å². The van der Waals surface area contributed by atoms with Gasteiger partial charge in [-0.15, -0.1) is 0 Å². The van der Waals surface area contributed by atoms with Gasteiger partial charge < -0.3 is 15.5 Å². The van der Waals surface area contributed by atoms with Gasteiger partial charge >= 0.3 is 18.1 Å². The first-order chi connectivity index (χ1) is 13.7. The van der Waals surface area contributed by atoms with Gasteiger partial charge in [0.2, 0.25) is 0 Å². The van der Waals surface area contributed by atoms with Crippen molar-refractivity contribution in [3.05, 3.63) is 35.4 Å². The van der Waals surface area contributed by atoms with E-state index in [-0.39, 0.29) is 6.04 Å². The molecule has 1 aliphatic carbocycles. The predicted molar refractivity (Wildman–Crippen MR) is 108 cm³/mol. The van der Waals surface area contributed by atoms with Crippen molar-refractivity contribution in [1.29, 1.82) is 0 Å². The number of hydrogen-bond donors (Lipinski definition) is 3. The molecule has 0 heterocycles. The topological polar surface area (TPSA) is 86.6 Å². The van der Waals surface area contributed by atoms with E-state index in [0.29, 0.717) is 24.8 Å². The maximum atomic E-state index is 12.4. The van der Waals surface area contributed by atoms with Crippen molar-refractivity contribution >= 4 is 11.9 Å². The SMILES string of the molecule is CC1(C)[C@H](C(=O)O)CC[C@]1(C)C(=O)O.CCN[C@@H](C)Cc1cccc(C(F)(F)F)c1. The molecule has 0 aliphatic heterocycles. The van der Waals surface area contributed by atoms with E-state index >= 15 is 0 Å². The molecular formula is C22H32F3NO4. The molecule has 1 saturated carbocycles. The van der Waals surface area contributed by atoms with Crippen molar-refractivity contribution < 1.29 is 33.0 Å². The number of nitrogens with one attached hydrogen (secondary N) is 1. The van der Waals surface area contributed by atoms with E-state index in [0.717, 1.165) is 12.6 Å². The van der Waals surface area contributed by atoms with Crippen LogP contribution in [0.5, 0.6) is 0 Å². The number of carbonyl (C=O) groups is 2. The van der Waals surface area contributed by atoms with Crippen LogP contribution in [0.3, 0.4) is 0 Å². The molecule has 0 radical (unpaired) electrons. The van der Waals surface area contributed by atoms with Gasteiger partial charge in [0.15, 0.2) is 0 Å². The minimum Gasteiger partial charge on any atom is -0.481 e. The Morgan fingerprint density at radius 2 is 1.83 bits per heavy atom. The van der Waals surface area contributed by atoms with Crippen molar-refractivity contribution in [1.82, 2.24) is 5.32 Å². The molecule has 30 heavy (non-hydrogen) atoms. The molecule has 1 aromatic rings. The van der Waals surface area contributed by atoms with Crippen LogP contribution in [-0.4, -0.2) is 34.7 Å². The molecule has 5 nitrogen and oxygen atoms in total. The number of hydrogen-bond acceptors (Lipinski definition) is 3. The number of rotatable bonds is 6. The smallest absolute Gasteiger partial charge is 0.416 e. The monoisotopic (exact) mass is 431 g/mol. The highest BCUT2D eigenvalue weighted by molar-refractivity contribution is 5.80. The number of carboxylic acids is 2. The average molecular weight is 431 g/mol. The van der Waals surface area contributed by atoms with E-state index in [4.69, 9.17) is 10.2 Å². The third-order valence-corrected chi connectivity index (χ3v) is 6.35. The third kappa shape index (κ3) is 5.97. The molecule has 0 spiro atoms. The summed E-state index contributed by atoms with van der Waals surface area (Å²) in [7, 11) is 0. The Balaban J connectivity index is 0.000000303. The van der Waals surface area contributed by atoms with Crippen LogP contribution in [0.1, 0.15) is 58.6 Å². The summed E-state index contributed by atoms with van der Waals surface area (Å²) >= 11 is 0. The summed E-state index contributed by atoms with van der Waals surface area (Å²) in [4.78, 5) is 22.0. The highest BCUT2D eigenvalue weighted by atomic mass is 19.4. The summed E-state index contributed by atoms with van der Waals surface area (Å²) in [6, 6.07) is 5.68. The van der Waals surface area contributed by atoms with Crippen molar-refractivity contribution in [2.75, 3.05) is 6.54 Å². The maximum Gasteiger partial charge on any atom is 0.416 e. The summed E-state index contributed by atoms with van der Waals surface area (Å²) in [5, 5.41) is 21.3. The van der Waals surface area contributed by atoms with Crippen molar-refractivity contribution in [2.45, 2.75) is 66.1 Å². The second-order valence-corrected chi connectivity index (χ2v) is 8.65. The second-order valence-electron chi connectivity index (χ2n) is 8.65. The van der Waals surface area contributed by atoms with E-state index in [1.807, 2.05) is 13.8 Å². The van der Waals surface area contributed by atoms with E-state index in [9.17, 15) is 22.8 Å². The molecule has 0 aromatic heterocycles. The fraction of sp³-hybridized carbons (Fsp3) is 0.636. The maximum absolute atomic E-state index is 12.4. The van der Waals surface area contributed by atoms with Crippen LogP contribution in [0.2, 0.25) is 0 Å². The van der Waals surface area contributed by atoms with Crippen LogP contribution in [0.15, 0.2) is 24.3 Å². The van der Waals surface area contributed by atoms with Gasteiger partial charge in [0.25, 0.3) is 0 Å².